The first-order valence-corrected chi connectivity index (χ1v) is 36.0. The van der Waals surface area contributed by atoms with E-state index in [1.807, 2.05) is 0 Å². The van der Waals surface area contributed by atoms with Gasteiger partial charge in [-0.05, 0) is 191 Å². The van der Waals surface area contributed by atoms with E-state index in [-0.39, 0.29) is 50.0 Å². The van der Waals surface area contributed by atoms with Crippen LogP contribution in [0.15, 0.2) is 146 Å². The summed E-state index contributed by atoms with van der Waals surface area (Å²) < 4.78 is 5.63. The molecule has 15 rings (SSSR count). The van der Waals surface area contributed by atoms with Gasteiger partial charge in [-0.2, -0.15) is 0 Å². The van der Waals surface area contributed by atoms with Crippen molar-refractivity contribution in [3.63, 3.8) is 0 Å². The van der Waals surface area contributed by atoms with Crippen LogP contribution in [-0.4, -0.2) is 23.9 Å². The molecule has 0 bridgehead atoms. The lowest BCUT2D eigenvalue weighted by Crippen LogP contribution is -2.77. The predicted molar refractivity (Wildman–Crippen MR) is 400 cm³/mol. The third kappa shape index (κ3) is 8.49. The number of hydrogen-bond acceptors (Lipinski definition) is 1. The maximum Gasteiger partial charge on any atom is 0.252 e. The van der Waals surface area contributed by atoms with Crippen molar-refractivity contribution < 1.29 is 0 Å². The van der Waals surface area contributed by atoms with Gasteiger partial charge in [0.1, 0.15) is 0 Å². The molecule has 462 valence electrons. The van der Waals surface area contributed by atoms with Gasteiger partial charge in [0, 0.05) is 49.8 Å². The zero-order chi connectivity index (χ0) is 65.1. The average molecular weight is 1210 g/mol. The van der Waals surface area contributed by atoms with Gasteiger partial charge in [-0.3, -0.25) is 0 Å². The molecule has 0 unspecified atom stereocenters. The molecule has 0 saturated carbocycles. The molecule has 2 aromatic heterocycles. The van der Waals surface area contributed by atoms with E-state index in [1.54, 1.807) is 15.6 Å². The van der Waals surface area contributed by atoms with Crippen LogP contribution in [0.4, 0.5) is 17.1 Å². The molecule has 0 N–H and O–H groups in total. The molecule has 0 radical (unpaired) electrons. The summed E-state index contributed by atoms with van der Waals surface area (Å²) in [6, 6.07) is 61.0. The second-order valence-corrected chi connectivity index (χ2v) is 40.1. The third-order valence-electron chi connectivity index (χ3n) is 21.9. The lowest BCUT2D eigenvalue weighted by molar-refractivity contribution is 0.568. The largest absolute Gasteiger partial charge is 0.310 e. The second-order valence-electron chi connectivity index (χ2n) is 36.4. The lowest BCUT2D eigenvalue weighted by Gasteiger charge is -2.43. The SMILES string of the molecule is CC(C)(C)c1ccc(N(c2cc(C(C)(C)C)cc(C(C)(C)C)c2)c2ccc3c4c2c2ccc(C(C)(C)C)cc2n4-c2ccc4c5c2B3c2cc(C(C)(C)C)cc3c6cc(C(C)(C)C)cc(c6n-5c23)[Si]42c3cc(C(C)(C)C)ccc3-c3ccc(C(C)(C)C)cc32)cc1. The summed E-state index contributed by atoms with van der Waals surface area (Å²) in [6.45, 7) is 57.4. The van der Waals surface area contributed by atoms with Crippen LogP contribution in [0.3, 0.4) is 0 Å². The first-order chi connectivity index (χ1) is 42.2. The Bertz CT molecular complexity index is 4900. The maximum atomic E-state index is 2.86. The van der Waals surface area contributed by atoms with Crippen LogP contribution in [0.1, 0.15) is 211 Å². The highest BCUT2D eigenvalue weighted by molar-refractivity contribution is 7.24. The molecule has 1 spiro atoms. The molecule has 9 aromatic carbocycles. The number of rotatable bonds is 3. The van der Waals surface area contributed by atoms with E-state index in [9.17, 15) is 0 Å². The molecule has 6 heterocycles. The molecule has 0 fully saturated rings. The summed E-state index contributed by atoms with van der Waals surface area (Å²) in [5.41, 5.74) is 29.1. The fourth-order valence-electron chi connectivity index (χ4n) is 16.4. The number of hydrogen-bond donors (Lipinski definition) is 0. The smallest absolute Gasteiger partial charge is 0.252 e. The number of benzene rings is 9. The van der Waals surface area contributed by atoms with Gasteiger partial charge in [0.25, 0.3) is 6.71 Å². The third-order valence-corrected chi connectivity index (χ3v) is 26.7. The summed E-state index contributed by atoms with van der Waals surface area (Å²) in [4.78, 5) is 2.63. The minimum atomic E-state index is -3.23. The molecule has 4 aliphatic rings. The molecule has 3 nitrogen and oxygen atoms in total. The Hall–Kier alpha value is -7.34. The number of fused-ring (bicyclic) bond motifs is 14. The van der Waals surface area contributed by atoms with Crippen LogP contribution < -0.4 is 42.0 Å². The quantitative estimate of drug-likeness (QED) is 0.161. The Labute approximate surface area is 545 Å². The molecule has 5 heteroatoms. The molecular weight excluding hydrogens is 1110 g/mol. The summed E-state index contributed by atoms with van der Waals surface area (Å²) in [5, 5.41) is 11.5. The van der Waals surface area contributed by atoms with E-state index in [0.29, 0.717) is 0 Å². The van der Waals surface area contributed by atoms with Crippen molar-refractivity contribution in [2.75, 3.05) is 4.90 Å². The van der Waals surface area contributed by atoms with Gasteiger partial charge in [-0.25, -0.2) is 0 Å². The molecule has 0 aliphatic carbocycles. The first kappa shape index (κ1) is 59.9. The normalized spacial score (nSPS) is 15.1. The van der Waals surface area contributed by atoms with Gasteiger partial charge in [-0.15, -0.1) is 0 Å². The van der Waals surface area contributed by atoms with Crippen molar-refractivity contribution in [1.82, 2.24) is 9.13 Å². The molecular formula is C86H96BN3Si. The highest BCUT2D eigenvalue weighted by Gasteiger charge is 2.57. The highest BCUT2D eigenvalue weighted by atomic mass is 28.3. The van der Waals surface area contributed by atoms with Crippen LogP contribution in [0, 0.1) is 0 Å². The Morgan fingerprint density at radius 1 is 0.319 bits per heavy atom. The van der Waals surface area contributed by atoms with Gasteiger partial charge in [0.2, 0.25) is 0 Å². The van der Waals surface area contributed by atoms with Crippen molar-refractivity contribution in [3.05, 3.63) is 190 Å². The number of nitrogens with zero attached hydrogens (tertiary/aromatic N) is 3. The Balaban J connectivity index is 1.15. The maximum absolute atomic E-state index is 3.23. The van der Waals surface area contributed by atoms with Crippen LogP contribution in [-0.2, 0) is 43.3 Å². The number of anilines is 3. The van der Waals surface area contributed by atoms with Crippen LogP contribution in [0.25, 0.3) is 66.1 Å². The minimum absolute atomic E-state index is 0.000857. The van der Waals surface area contributed by atoms with Crippen LogP contribution >= 0.6 is 0 Å². The van der Waals surface area contributed by atoms with Gasteiger partial charge in [0.15, 0.2) is 8.07 Å². The van der Waals surface area contributed by atoms with E-state index in [4.69, 9.17) is 0 Å². The Morgan fingerprint density at radius 3 is 1.31 bits per heavy atom. The van der Waals surface area contributed by atoms with Crippen molar-refractivity contribution in [3.8, 4) is 22.5 Å². The van der Waals surface area contributed by atoms with Crippen molar-refractivity contribution in [1.29, 1.82) is 0 Å². The van der Waals surface area contributed by atoms with Gasteiger partial charge in [-0.1, -0.05) is 257 Å². The zero-order valence-corrected chi connectivity index (χ0v) is 60.3. The minimum Gasteiger partial charge on any atom is -0.310 e. The first-order valence-electron chi connectivity index (χ1n) is 34.0. The van der Waals surface area contributed by atoms with Crippen molar-refractivity contribution in [2.24, 2.45) is 0 Å². The van der Waals surface area contributed by atoms with Gasteiger partial charge < -0.3 is 14.0 Å². The van der Waals surface area contributed by atoms with E-state index < -0.39 is 8.07 Å². The summed E-state index contributed by atoms with van der Waals surface area (Å²) in [6.07, 6.45) is 0. The average Bonchev–Trinajstić information content (AvgIpc) is 1.53. The second kappa shape index (κ2) is 18.5. The number of aromatic nitrogens is 2. The van der Waals surface area contributed by atoms with Gasteiger partial charge in [0.05, 0.1) is 22.2 Å². The molecule has 4 aliphatic heterocycles. The highest BCUT2D eigenvalue weighted by Crippen LogP contribution is 2.50. The Morgan fingerprint density at radius 2 is 0.780 bits per heavy atom. The fourth-order valence-corrected chi connectivity index (χ4v) is 22.1. The summed E-state index contributed by atoms with van der Waals surface area (Å²) >= 11 is 0. The standard InChI is InChI=1S/C86H96BN3Si/c1-79(2,3)49-25-30-57(31-26-49)88(58-40-53(83(13,14)15)39-54(41-58)84(16,17)18)66-36-35-64-77-73(66)61-34-29-50(80(4,5)6)45-68(61)89(77)67-37-38-69-78-74(67)87(64)65-44-55(85(19,20)21)42-62-63-43-56(86(22,23)24)48-72(76(63)90(78)75(62)65)91(69)70-46-51(81(7,8)9)27-32-59(70)60-33-28-52(47-71(60)91)82(10,11)12/h25-48H,1-24H3. The Kier molecular flexibility index (Phi) is 12.2. The van der Waals surface area contributed by atoms with E-state index in [2.05, 4.69) is 326 Å². The molecule has 91 heavy (non-hydrogen) atoms. The van der Waals surface area contributed by atoms with Crippen LogP contribution in [0.5, 0.6) is 0 Å². The van der Waals surface area contributed by atoms with Crippen molar-refractivity contribution in [2.45, 2.75) is 209 Å². The molecule has 0 amide bonds. The van der Waals surface area contributed by atoms with Crippen LogP contribution in [0.2, 0.25) is 0 Å². The molecule has 0 atom stereocenters. The van der Waals surface area contributed by atoms with E-state index >= 15 is 0 Å². The van der Waals surface area contributed by atoms with Crippen molar-refractivity contribution >= 4 is 113 Å². The fraction of sp³-hybridized carbons (Fsp3) is 0.372. The van der Waals surface area contributed by atoms with E-state index in [0.717, 1.165) is 5.69 Å². The lowest BCUT2D eigenvalue weighted by atomic mass is 9.34. The van der Waals surface area contributed by atoms with Gasteiger partial charge >= 0.3 is 0 Å². The zero-order valence-electron chi connectivity index (χ0n) is 59.3. The predicted octanol–water partition coefficient (Wildman–Crippen LogP) is 18.5. The monoisotopic (exact) mass is 1210 g/mol. The summed E-state index contributed by atoms with van der Waals surface area (Å²) in [7, 11) is -3.23. The topological polar surface area (TPSA) is 13.1 Å². The summed E-state index contributed by atoms with van der Waals surface area (Å²) in [5.74, 6) is 0. The molecule has 0 saturated heterocycles. The molecule has 11 aromatic rings. The van der Waals surface area contributed by atoms with E-state index in [1.165, 1.54) is 144 Å².